The number of amides is 4. The van der Waals surface area contributed by atoms with Crippen molar-refractivity contribution in [2.24, 2.45) is 5.41 Å². The van der Waals surface area contributed by atoms with Crippen molar-refractivity contribution in [2.75, 3.05) is 89.4 Å². The summed E-state index contributed by atoms with van der Waals surface area (Å²) in [7, 11) is 1.63. The van der Waals surface area contributed by atoms with Gasteiger partial charge < -0.3 is 55.4 Å². The Morgan fingerprint density at radius 2 is 1.49 bits per heavy atom. The molecule has 456 valence electrons. The number of piperidine rings is 2. The van der Waals surface area contributed by atoms with Gasteiger partial charge in [-0.3, -0.25) is 19.2 Å². The first kappa shape index (κ1) is 63.3. The van der Waals surface area contributed by atoms with E-state index in [2.05, 4.69) is 36.1 Å². The summed E-state index contributed by atoms with van der Waals surface area (Å²) in [4.78, 5) is 77.0. The summed E-state index contributed by atoms with van der Waals surface area (Å²) >= 11 is 1.58. The summed E-state index contributed by atoms with van der Waals surface area (Å²) in [5, 5.41) is 24.1. The number of anilines is 2. The average Bonchev–Trinajstić information content (AvgIpc) is 4.31. The summed E-state index contributed by atoms with van der Waals surface area (Å²) in [5.74, 6) is -1.23. The topological polar surface area (TPSA) is 207 Å². The van der Waals surface area contributed by atoms with Crippen LogP contribution in [0.25, 0.3) is 21.3 Å². The molecule has 0 bridgehead atoms. The number of benzene rings is 2. The number of aliphatic hydroxyl groups is 1. The van der Waals surface area contributed by atoms with Crippen molar-refractivity contribution in [3.8, 4) is 21.9 Å². The lowest BCUT2D eigenvalue weighted by Gasteiger charge is -2.35. The van der Waals surface area contributed by atoms with Crippen molar-refractivity contribution >= 4 is 57.6 Å². The Labute approximate surface area is 493 Å². The van der Waals surface area contributed by atoms with E-state index < -0.39 is 29.5 Å². The van der Waals surface area contributed by atoms with E-state index in [-0.39, 0.29) is 75.1 Å². The Morgan fingerprint density at radius 1 is 0.819 bits per heavy atom. The van der Waals surface area contributed by atoms with Crippen LogP contribution in [0.1, 0.15) is 148 Å². The van der Waals surface area contributed by atoms with E-state index in [4.69, 9.17) is 19.4 Å². The molecule has 0 radical (unpaired) electrons. The molecular formula is C62H91F2N11O7S. The van der Waals surface area contributed by atoms with E-state index in [0.29, 0.717) is 61.2 Å². The number of unbranched alkanes of at least 4 members (excludes halogenated alkanes) is 6. The van der Waals surface area contributed by atoms with Crippen LogP contribution in [-0.2, 0) is 25.7 Å². The molecule has 4 amide bonds. The Bertz CT molecular complexity index is 2740. The van der Waals surface area contributed by atoms with Gasteiger partial charge in [-0.15, -0.1) is 11.3 Å². The number of likely N-dealkylation sites (tertiary alicyclic amines) is 3. The molecule has 0 aliphatic carbocycles. The van der Waals surface area contributed by atoms with Crippen molar-refractivity contribution < 1.29 is 42.5 Å². The van der Waals surface area contributed by atoms with Gasteiger partial charge in [-0.25, -0.2) is 18.7 Å². The zero-order valence-electron chi connectivity index (χ0n) is 49.8. The van der Waals surface area contributed by atoms with Crippen LogP contribution in [0.4, 0.5) is 20.5 Å². The summed E-state index contributed by atoms with van der Waals surface area (Å²) < 4.78 is 40.4. The number of fused-ring (bicyclic) bond motifs is 1. The quantitative estimate of drug-likeness (QED) is 0.0322. The highest BCUT2D eigenvalue weighted by Gasteiger charge is 2.44. The number of carbonyl (C=O) groups excluding carboxylic acids is 4. The van der Waals surface area contributed by atoms with Gasteiger partial charge in [-0.2, -0.15) is 4.98 Å². The zero-order chi connectivity index (χ0) is 58.9. The molecule has 0 saturated carbocycles. The molecule has 8 rings (SSSR count). The highest BCUT2D eigenvalue weighted by Crippen LogP contribution is 2.38. The second kappa shape index (κ2) is 30.3. The van der Waals surface area contributed by atoms with E-state index in [1.54, 1.807) is 18.4 Å². The second-order valence-corrected chi connectivity index (χ2v) is 25.2. The number of alkyl halides is 2. The highest BCUT2D eigenvalue weighted by atomic mass is 32.1. The molecule has 21 heteroatoms. The summed E-state index contributed by atoms with van der Waals surface area (Å²) in [6, 6.07) is 10.2. The molecule has 0 unspecified atom stereocenters. The molecule has 6 heterocycles. The minimum absolute atomic E-state index is 0.0239. The maximum Gasteiger partial charge on any atom is 0.251 e. The lowest BCUT2D eigenvalue weighted by Crippen LogP contribution is -2.57. The van der Waals surface area contributed by atoms with Gasteiger partial charge in [0.2, 0.25) is 29.6 Å². The summed E-state index contributed by atoms with van der Waals surface area (Å²) in [6.07, 6.45) is 12.1. The fourth-order valence-electron chi connectivity index (χ4n) is 11.7. The van der Waals surface area contributed by atoms with E-state index in [1.165, 1.54) is 17.7 Å². The normalized spacial score (nSPS) is 19.2. The number of halogens is 2. The van der Waals surface area contributed by atoms with Gasteiger partial charge in [-0.05, 0) is 101 Å². The van der Waals surface area contributed by atoms with Crippen molar-refractivity contribution in [1.29, 1.82) is 0 Å². The monoisotopic (exact) mass is 1170 g/mol. The van der Waals surface area contributed by atoms with Crippen LogP contribution in [0.2, 0.25) is 0 Å². The van der Waals surface area contributed by atoms with Crippen LogP contribution in [-0.4, -0.2) is 168 Å². The van der Waals surface area contributed by atoms with Gasteiger partial charge in [0.1, 0.15) is 17.9 Å². The molecule has 83 heavy (non-hydrogen) atoms. The summed E-state index contributed by atoms with van der Waals surface area (Å²) in [6.45, 7) is 15.4. The van der Waals surface area contributed by atoms with Crippen molar-refractivity contribution in [3.05, 3.63) is 53.2 Å². The first-order valence-electron chi connectivity index (χ1n) is 30.6. The SMILES string of the molecule is COc1cc2c(NC3CCN(CCCC(=O)NCCCCCCCCCC(=O)N[C@H](C(=O)N4C[C@H](O)C[C@H]4C(=O)NCc4ccc(-c5scnc5C)cc4)C(C)(C)C)CC3)nc(N3CCC(F)(F)CC3)nc2cc1OCCCN1CCCC1. The fraction of sp³-hybridized carbons (Fsp3) is 0.661. The number of ether oxygens (including phenoxy) is 2. The van der Waals surface area contributed by atoms with Gasteiger partial charge in [0.05, 0.1) is 41.4 Å². The number of carbonyl (C=O) groups is 4. The number of thiazole rings is 1. The minimum atomic E-state index is -2.69. The number of aromatic nitrogens is 3. The molecule has 3 atom stereocenters. The van der Waals surface area contributed by atoms with E-state index in [0.717, 1.165) is 131 Å². The first-order chi connectivity index (χ1) is 39.9. The number of nitrogens with one attached hydrogen (secondary N) is 4. The van der Waals surface area contributed by atoms with Gasteiger partial charge in [0.25, 0.3) is 5.92 Å². The third kappa shape index (κ3) is 18.6. The Morgan fingerprint density at radius 3 is 2.18 bits per heavy atom. The molecule has 4 fully saturated rings. The van der Waals surface area contributed by atoms with Gasteiger partial charge >= 0.3 is 0 Å². The number of methoxy groups -OCH3 is 1. The Kier molecular flexibility index (Phi) is 23.1. The lowest BCUT2D eigenvalue weighted by molar-refractivity contribution is -0.144. The number of aliphatic hydroxyl groups excluding tert-OH is 1. The molecule has 4 aliphatic heterocycles. The number of hydrogen-bond acceptors (Lipinski definition) is 15. The van der Waals surface area contributed by atoms with E-state index >= 15 is 0 Å². The van der Waals surface area contributed by atoms with Gasteiger partial charge in [0.15, 0.2) is 11.5 Å². The van der Waals surface area contributed by atoms with Crippen LogP contribution >= 0.6 is 11.3 Å². The van der Waals surface area contributed by atoms with Crippen LogP contribution < -0.4 is 35.6 Å². The van der Waals surface area contributed by atoms with Crippen LogP contribution in [0.5, 0.6) is 11.5 Å². The Hall–Kier alpha value is -5.77. The first-order valence-corrected chi connectivity index (χ1v) is 31.5. The highest BCUT2D eigenvalue weighted by molar-refractivity contribution is 7.13. The van der Waals surface area contributed by atoms with Crippen LogP contribution in [0.3, 0.4) is 0 Å². The van der Waals surface area contributed by atoms with Crippen LogP contribution in [0.15, 0.2) is 41.9 Å². The minimum Gasteiger partial charge on any atom is -0.493 e. The second-order valence-electron chi connectivity index (χ2n) is 24.4. The molecule has 4 aromatic rings. The Balaban J connectivity index is 0.680. The maximum absolute atomic E-state index is 14.2. The molecule has 2 aromatic heterocycles. The molecule has 2 aromatic carbocycles. The number of hydrogen-bond donors (Lipinski definition) is 5. The molecule has 0 spiro atoms. The standard InChI is InChI=1S/C62H91F2N11O7S/c1-43-55(83-42-67-43)45-21-19-44(20-22-45)40-66-58(79)50-37-47(76)41-75(50)59(80)56(61(2,3)4)70-54(78)17-11-9-7-6-8-10-12-27-65-53(77)18-15-30-73-32-23-46(24-33-73)68-57-48-38-51(81-5)52(82-36-16-31-72-28-13-14-29-72)39-49(48)69-60(71-57)74-34-25-62(63,64)26-35-74/h19-22,38-39,42,46-47,50,56,76H,6-18,23-37,40-41H2,1-5H3,(H,65,77)(H,66,79)(H,70,78)(H,68,69,71)/t47-,50+,56-/m1/s1. The maximum atomic E-state index is 14.2. The fourth-order valence-corrected chi connectivity index (χ4v) is 12.6. The largest absolute Gasteiger partial charge is 0.493 e. The predicted octanol–water partition coefficient (Wildman–Crippen LogP) is 8.87. The average molecular weight is 1170 g/mol. The molecule has 5 N–H and O–H groups in total. The number of rotatable bonds is 29. The van der Waals surface area contributed by atoms with E-state index in [9.17, 15) is 33.1 Å². The molecule has 4 aliphatic rings. The summed E-state index contributed by atoms with van der Waals surface area (Å²) in [5.41, 5.74) is 4.81. The number of aryl methyl sites for hydroxylation is 1. The number of nitrogens with zero attached hydrogens (tertiary/aromatic N) is 7. The zero-order valence-corrected chi connectivity index (χ0v) is 50.6. The van der Waals surface area contributed by atoms with Crippen molar-refractivity contribution in [1.82, 2.24) is 45.6 Å². The van der Waals surface area contributed by atoms with Gasteiger partial charge in [-0.1, -0.05) is 77.1 Å². The lowest BCUT2D eigenvalue weighted by atomic mass is 9.85. The molecule has 4 saturated heterocycles. The predicted molar refractivity (Wildman–Crippen MR) is 322 cm³/mol. The molecular weight excluding hydrogens is 1080 g/mol. The number of β-amino-alcohol motifs (C(OH)–C–C–N with tert-alkyl or cyclic N) is 1. The van der Waals surface area contributed by atoms with Crippen molar-refractivity contribution in [3.63, 3.8) is 0 Å². The van der Waals surface area contributed by atoms with Crippen LogP contribution in [0, 0.1) is 12.3 Å². The van der Waals surface area contributed by atoms with Crippen molar-refractivity contribution in [2.45, 2.75) is 180 Å². The third-order valence-electron chi connectivity index (χ3n) is 16.7. The molecule has 18 nitrogen and oxygen atoms in total. The smallest absolute Gasteiger partial charge is 0.251 e. The third-order valence-corrected chi connectivity index (χ3v) is 17.7. The van der Waals surface area contributed by atoms with E-state index in [1.807, 2.05) is 74.5 Å². The van der Waals surface area contributed by atoms with Gasteiger partial charge in [0, 0.05) is 102 Å².